The Labute approximate surface area is 152 Å². The van der Waals surface area contributed by atoms with Crippen molar-refractivity contribution in [3.63, 3.8) is 0 Å². The number of benzene rings is 2. The number of ether oxygens (including phenoxy) is 3. The summed E-state index contributed by atoms with van der Waals surface area (Å²) >= 11 is 0. The van der Waals surface area contributed by atoms with Gasteiger partial charge in [0.15, 0.2) is 18.1 Å². The fourth-order valence-corrected chi connectivity index (χ4v) is 2.62. The Hall–Kier alpha value is -3.02. The summed E-state index contributed by atoms with van der Waals surface area (Å²) in [4.78, 5) is 23.9. The minimum absolute atomic E-state index is 0.144. The van der Waals surface area contributed by atoms with E-state index >= 15 is 0 Å². The lowest BCUT2D eigenvalue weighted by molar-refractivity contribution is -0.148. The van der Waals surface area contributed by atoms with Crippen molar-refractivity contribution in [3.05, 3.63) is 59.2 Å². The Kier molecular flexibility index (Phi) is 5.41. The van der Waals surface area contributed by atoms with Gasteiger partial charge in [0.1, 0.15) is 0 Å². The molecular weight excluding hydrogens is 334 g/mol. The summed E-state index contributed by atoms with van der Waals surface area (Å²) in [6.07, 6.45) is 0.144. The van der Waals surface area contributed by atoms with Crippen LogP contribution in [0.15, 0.2) is 42.5 Å². The van der Waals surface area contributed by atoms with Gasteiger partial charge in [-0.05, 0) is 37.1 Å². The molecule has 0 bridgehead atoms. The van der Waals surface area contributed by atoms with Gasteiger partial charge in [0.05, 0.1) is 12.5 Å². The molecule has 0 unspecified atom stereocenters. The number of hydrogen-bond acceptors (Lipinski definition) is 5. The molecule has 1 aliphatic rings. The summed E-state index contributed by atoms with van der Waals surface area (Å²) in [6.45, 7) is 3.73. The van der Waals surface area contributed by atoms with Crippen LogP contribution in [0.25, 0.3) is 0 Å². The molecule has 0 spiro atoms. The summed E-state index contributed by atoms with van der Waals surface area (Å²) in [7, 11) is 0. The van der Waals surface area contributed by atoms with Gasteiger partial charge in [-0.15, -0.1) is 0 Å². The predicted molar refractivity (Wildman–Crippen MR) is 95.0 cm³/mol. The van der Waals surface area contributed by atoms with Crippen molar-refractivity contribution < 1.29 is 23.8 Å². The molecule has 0 saturated heterocycles. The summed E-state index contributed by atoms with van der Waals surface area (Å²) in [5.74, 6) is 0.567. The van der Waals surface area contributed by atoms with E-state index in [0.29, 0.717) is 11.5 Å². The van der Waals surface area contributed by atoms with E-state index in [9.17, 15) is 9.59 Å². The molecule has 6 nitrogen and oxygen atoms in total. The average Bonchev–Trinajstić information content (AvgIpc) is 3.09. The van der Waals surface area contributed by atoms with Crippen molar-refractivity contribution in [2.75, 3.05) is 13.4 Å². The maximum Gasteiger partial charge on any atom is 0.310 e. The topological polar surface area (TPSA) is 73.9 Å². The number of fused-ring (bicyclic) bond motifs is 1. The van der Waals surface area contributed by atoms with Crippen molar-refractivity contribution in [2.24, 2.45) is 0 Å². The highest BCUT2D eigenvalue weighted by molar-refractivity contribution is 5.81. The van der Waals surface area contributed by atoms with Crippen molar-refractivity contribution in [3.8, 4) is 11.5 Å². The fraction of sp³-hybridized carbons (Fsp3) is 0.300. The van der Waals surface area contributed by atoms with Crippen LogP contribution in [-0.2, 0) is 20.7 Å². The van der Waals surface area contributed by atoms with Crippen LogP contribution in [0, 0.1) is 6.92 Å². The van der Waals surface area contributed by atoms with Crippen LogP contribution in [0.2, 0.25) is 0 Å². The number of rotatable bonds is 6. The van der Waals surface area contributed by atoms with Gasteiger partial charge in [-0.3, -0.25) is 9.59 Å². The molecule has 136 valence electrons. The third-order valence-electron chi connectivity index (χ3n) is 4.11. The number of carbonyl (C=O) groups excluding carboxylic acids is 2. The maximum absolute atomic E-state index is 12.0. The summed E-state index contributed by atoms with van der Waals surface area (Å²) < 4.78 is 15.7. The molecule has 26 heavy (non-hydrogen) atoms. The van der Waals surface area contributed by atoms with Crippen LogP contribution < -0.4 is 14.8 Å². The van der Waals surface area contributed by atoms with Gasteiger partial charge in [0.2, 0.25) is 6.79 Å². The number of nitrogens with one attached hydrogen (secondary N) is 1. The van der Waals surface area contributed by atoms with Crippen LogP contribution in [0.5, 0.6) is 11.5 Å². The fourth-order valence-electron chi connectivity index (χ4n) is 2.62. The van der Waals surface area contributed by atoms with Gasteiger partial charge in [0, 0.05) is 0 Å². The first kappa shape index (κ1) is 17.8. The highest BCUT2D eigenvalue weighted by atomic mass is 16.7. The van der Waals surface area contributed by atoms with E-state index in [1.54, 1.807) is 0 Å². The molecular formula is C20H21NO5. The Morgan fingerprint density at radius 3 is 2.62 bits per heavy atom. The minimum Gasteiger partial charge on any atom is -0.455 e. The first-order chi connectivity index (χ1) is 12.5. The Bertz CT molecular complexity index is 800. The van der Waals surface area contributed by atoms with Gasteiger partial charge in [0.25, 0.3) is 5.91 Å². The molecule has 1 aliphatic heterocycles. The van der Waals surface area contributed by atoms with E-state index in [1.165, 1.54) is 0 Å². The maximum atomic E-state index is 12.0. The van der Waals surface area contributed by atoms with E-state index in [4.69, 9.17) is 14.2 Å². The second kappa shape index (κ2) is 7.91. The Morgan fingerprint density at radius 2 is 1.85 bits per heavy atom. The lowest BCUT2D eigenvalue weighted by Gasteiger charge is -2.15. The molecule has 6 heteroatoms. The van der Waals surface area contributed by atoms with E-state index in [1.807, 2.05) is 56.3 Å². The summed E-state index contributed by atoms with van der Waals surface area (Å²) in [5.41, 5.74) is 2.86. The number of esters is 1. The lowest BCUT2D eigenvalue weighted by Crippen LogP contribution is -2.31. The third kappa shape index (κ3) is 4.53. The molecule has 1 N–H and O–H groups in total. The largest absolute Gasteiger partial charge is 0.455 e. The van der Waals surface area contributed by atoms with Crippen LogP contribution in [0.3, 0.4) is 0 Å². The first-order valence-electron chi connectivity index (χ1n) is 8.41. The lowest BCUT2D eigenvalue weighted by atomic mass is 10.1. The number of amides is 1. The standard InChI is InChI=1S/C20H21NO5/c1-13-3-5-15(6-4-13)9-20(23)24-11-19(22)21-14(2)16-7-8-17-18(10-16)26-12-25-17/h3-8,10,14H,9,11-12H2,1-2H3,(H,21,22)/t14-/m0/s1. The van der Waals surface area contributed by atoms with Gasteiger partial charge in [-0.25, -0.2) is 0 Å². The zero-order chi connectivity index (χ0) is 18.5. The van der Waals surface area contributed by atoms with Crippen molar-refractivity contribution in [1.82, 2.24) is 5.32 Å². The number of carbonyl (C=O) groups is 2. The quantitative estimate of drug-likeness (QED) is 0.807. The zero-order valence-corrected chi connectivity index (χ0v) is 14.8. The SMILES string of the molecule is Cc1ccc(CC(=O)OCC(=O)N[C@@H](C)c2ccc3c(c2)OCO3)cc1. The molecule has 1 atom stereocenters. The molecule has 1 amide bonds. The molecule has 0 saturated carbocycles. The van der Waals surface area contributed by atoms with E-state index in [0.717, 1.165) is 16.7 Å². The van der Waals surface area contributed by atoms with Gasteiger partial charge < -0.3 is 19.5 Å². The highest BCUT2D eigenvalue weighted by Crippen LogP contribution is 2.34. The smallest absolute Gasteiger partial charge is 0.310 e. The van der Waals surface area contributed by atoms with Gasteiger partial charge in [-0.2, -0.15) is 0 Å². The third-order valence-corrected chi connectivity index (χ3v) is 4.11. The molecule has 2 aromatic rings. The Morgan fingerprint density at radius 1 is 1.12 bits per heavy atom. The molecule has 3 rings (SSSR count). The van der Waals surface area contributed by atoms with Crippen LogP contribution in [0.4, 0.5) is 0 Å². The van der Waals surface area contributed by atoms with E-state index in [-0.39, 0.29) is 31.8 Å². The zero-order valence-electron chi connectivity index (χ0n) is 14.8. The van der Waals surface area contributed by atoms with Crippen LogP contribution >= 0.6 is 0 Å². The normalized spacial score (nSPS) is 13.2. The summed E-state index contributed by atoms with van der Waals surface area (Å²) in [6, 6.07) is 12.9. The number of hydrogen-bond donors (Lipinski definition) is 1. The van der Waals surface area contributed by atoms with E-state index < -0.39 is 5.97 Å². The predicted octanol–water partition coefficient (Wildman–Crippen LogP) is 2.69. The van der Waals surface area contributed by atoms with Crippen LogP contribution in [0.1, 0.15) is 29.7 Å². The van der Waals surface area contributed by atoms with E-state index in [2.05, 4.69) is 5.32 Å². The van der Waals surface area contributed by atoms with Crippen molar-refractivity contribution >= 4 is 11.9 Å². The molecule has 1 heterocycles. The molecule has 2 aromatic carbocycles. The highest BCUT2D eigenvalue weighted by Gasteiger charge is 2.17. The second-order valence-electron chi connectivity index (χ2n) is 6.22. The van der Waals surface area contributed by atoms with Crippen molar-refractivity contribution in [1.29, 1.82) is 0 Å². The monoisotopic (exact) mass is 355 g/mol. The number of aryl methyl sites for hydroxylation is 1. The molecule has 0 radical (unpaired) electrons. The second-order valence-corrected chi connectivity index (χ2v) is 6.22. The molecule has 0 aromatic heterocycles. The molecule has 0 fully saturated rings. The van der Waals surface area contributed by atoms with Crippen LogP contribution in [-0.4, -0.2) is 25.3 Å². The first-order valence-corrected chi connectivity index (χ1v) is 8.41. The average molecular weight is 355 g/mol. The van der Waals surface area contributed by atoms with Gasteiger partial charge in [-0.1, -0.05) is 35.9 Å². The Balaban J connectivity index is 1.46. The molecule has 0 aliphatic carbocycles. The van der Waals surface area contributed by atoms with Gasteiger partial charge >= 0.3 is 5.97 Å². The minimum atomic E-state index is -0.431. The van der Waals surface area contributed by atoms with Crippen molar-refractivity contribution in [2.45, 2.75) is 26.3 Å². The summed E-state index contributed by atoms with van der Waals surface area (Å²) in [5, 5.41) is 2.80.